The fourth-order valence-electron chi connectivity index (χ4n) is 4.34. The number of hydrogen-bond acceptors (Lipinski definition) is 6. The topological polar surface area (TPSA) is 79.8 Å². The van der Waals surface area contributed by atoms with E-state index in [1.807, 2.05) is 13.1 Å². The van der Waals surface area contributed by atoms with E-state index < -0.39 is 0 Å². The zero-order valence-electron chi connectivity index (χ0n) is 18.9. The van der Waals surface area contributed by atoms with Crippen molar-refractivity contribution >= 4 is 17.0 Å². The maximum Gasteiger partial charge on any atom is 0.177 e. The number of aryl methyl sites for hydroxylation is 2. The Morgan fingerprint density at radius 3 is 2.88 bits per heavy atom. The van der Waals surface area contributed by atoms with Gasteiger partial charge in [0.25, 0.3) is 0 Å². The Balaban J connectivity index is 1.49. The smallest absolute Gasteiger partial charge is 0.177 e. The molecule has 0 saturated carbocycles. The highest BCUT2D eigenvalue weighted by atomic mass is 16.5. The molecule has 0 aliphatic carbocycles. The number of H-pyrrole nitrogens is 1. The summed E-state index contributed by atoms with van der Waals surface area (Å²) in [6, 6.07) is 8.48. The molecule has 1 aromatic carbocycles. The first-order valence-corrected chi connectivity index (χ1v) is 11.3. The van der Waals surface area contributed by atoms with Crippen molar-refractivity contribution in [2.45, 2.75) is 46.6 Å². The quantitative estimate of drug-likeness (QED) is 0.493. The minimum Gasteiger partial charge on any atom is -0.491 e. The van der Waals surface area contributed by atoms with E-state index in [4.69, 9.17) is 4.74 Å². The molecule has 0 spiro atoms. The third-order valence-corrected chi connectivity index (χ3v) is 6.05. The van der Waals surface area contributed by atoms with Crippen molar-refractivity contribution in [3.05, 3.63) is 59.4 Å². The highest BCUT2D eigenvalue weighted by Gasteiger charge is 2.21. The summed E-state index contributed by atoms with van der Waals surface area (Å²) in [6.07, 6.45) is 6.84. The third kappa shape index (κ3) is 3.90. The molecule has 4 aromatic rings. The van der Waals surface area contributed by atoms with E-state index in [1.165, 1.54) is 5.56 Å². The summed E-state index contributed by atoms with van der Waals surface area (Å²) >= 11 is 0. The van der Waals surface area contributed by atoms with Crippen molar-refractivity contribution in [1.29, 1.82) is 0 Å². The van der Waals surface area contributed by atoms with Gasteiger partial charge in [-0.25, -0.2) is 19.9 Å². The molecule has 3 aromatic heterocycles. The third-order valence-electron chi connectivity index (χ3n) is 6.05. The zero-order valence-corrected chi connectivity index (χ0v) is 18.9. The van der Waals surface area contributed by atoms with E-state index in [1.54, 1.807) is 6.33 Å². The molecule has 1 aliphatic heterocycles. The van der Waals surface area contributed by atoms with Gasteiger partial charge < -0.3 is 14.6 Å². The molecule has 1 N–H and O–H groups in total. The van der Waals surface area contributed by atoms with Crippen LogP contribution in [0.2, 0.25) is 0 Å². The van der Waals surface area contributed by atoms with Crippen molar-refractivity contribution < 1.29 is 4.74 Å². The average Bonchev–Trinajstić information content (AvgIpc) is 3.04. The first-order valence-electron chi connectivity index (χ1n) is 11.3. The van der Waals surface area contributed by atoms with Crippen molar-refractivity contribution in [3.8, 4) is 16.9 Å². The fourth-order valence-corrected chi connectivity index (χ4v) is 4.34. The molecule has 32 heavy (non-hydrogen) atoms. The minimum absolute atomic E-state index is 0.629. The number of unbranched alkanes of at least 4 members (excludes halogenated alkanes) is 1. The van der Waals surface area contributed by atoms with Gasteiger partial charge in [0.05, 0.1) is 12.1 Å². The SMILES string of the molecule is CCCCc1c(C)ncnc1N1CCOc2ccc(-c3cnc4nc(C)[nH]c4c3)cc2C1. The molecule has 0 unspecified atom stereocenters. The predicted octanol–water partition coefficient (Wildman–Crippen LogP) is 4.77. The standard InChI is InChI=1S/C25H28N6O/c1-4-5-6-21-16(2)27-15-28-25(21)31-9-10-32-23-8-7-18(11-20(23)14-31)19-12-22-24(26-13-19)30-17(3)29-22/h7-8,11-13,15H,4-6,9-10,14H2,1-3H3,(H,26,29,30). The number of imidazole rings is 1. The van der Waals surface area contributed by atoms with Crippen LogP contribution < -0.4 is 9.64 Å². The second-order valence-electron chi connectivity index (χ2n) is 8.37. The molecular formula is C25H28N6O. The van der Waals surface area contributed by atoms with Crippen molar-refractivity contribution in [3.63, 3.8) is 0 Å². The largest absolute Gasteiger partial charge is 0.491 e. The summed E-state index contributed by atoms with van der Waals surface area (Å²) in [5.74, 6) is 2.84. The molecule has 5 rings (SSSR count). The molecule has 4 heterocycles. The van der Waals surface area contributed by atoms with Crippen LogP contribution in [0.3, 0.4) is 0 Å². The summed E-state index contributed by atoms with van der Waals surface area (Å²) in [7, 11) is 0. The first kappa shape index (κ1) is 20.4. The number of ether oxygens (including phenoxy) is 1. The molecule has 0 amide bonds. The van der Waals surface area contributed by atoms with Gasteiger partial charge in [0.15, 0.2) is 5.65 Å². The van der Waals surface area contributed by atoms with Gasteiger partial charge >= 0.3 is 0 Å². The second kappa shape index (κ2) is 8.57. The van der Waals surface area contributed by atoms with Gasteiger partial charge in [-0.3, -0.25) is 0 Å². The molecule has 7 heteroatoms. The van der Waals surface area contributed by atoms with Crippen LogP contribution in [0.25, 0.3) is 22.3 Å². The van der Waals surface area contributed by atoms with Crippen LogP contribution >= 0.6 is 0 Å². The van der Waals surface area contributed by atoms with Gasteiger partial charge in [-0.2, -0.15) is 0 Å². The van der Waals surface area contributed by atoms with Gasteiger partial charge in [-0.05, 0) is 50.5 Å². The minimum atomic E-state index is 0.629. The lowest BCUT2D eigenvalue weighted by Crippen LogP contribution is -2.27. The number of fused-ring (bicyclic) bond motifs is 2. The van der Waals surface area contributed by atoms with Gasteiger partial charge in [-0.1, -0.05) is 19.4 Å². The van der Waals surface area contributed by atoms with E-state index in [0.29, 0.717) is 6.61 Å². The monoisotopic (exact) mass is 428 g/mol. The van der Waals surface area contributed by atoms with Gasteiger partial charge in [0.2, 0.25) is 0 Å². The average molecular weight is 429 g/mol. The van der Waals surface area contributed by atoms with Crippen LogP contribution in [0.5, 0.6) is 5.75 Å². The van der Waals surface area contributed by atoms with Crippen molar-refractivity contribution in [2.24, 2.45) is 0 Å². The summed E-state index contributed by atoms with van der Waals surface area (Å²) < 4.78 is 6.10. The van der Waals surface area contributed by atoms with Crippen LogP contribution in [0.4, 0.5) is 5.82 Å². The highest BCUT2D eigenvalue weighted by molar-refractivity contribution is 5.78. The lowest BCUT2D eigenvalue weighted by atomic mass is 10.0. The molecule has 0 bridgehead atoms. The molecule has 0 fully saturated rings. The van der Waals surface area contributed by atoms with Crippen molar-refractivity contribution in [2.75, 3.05) is 18.1 Å². The van der Waals surface area contributed by atoms with Crippen LogP contribution in [0.1, 0.15) is 42.4 Å². The number of rotatable bonds is 5. The number of aromatic nitrogens is 5. The Morgan fingerprint density at radius 1 is 1.09 bits per heavy atom. The summed E-state index contributed by atoms with van der Waals surface area (Å²) in [6.45, 7) is 8.41. The lowest BCUT2D eigenvalue weighted by molar-refractivity contribution is 0.331. The van der Waals surface area contributed by atoms with Crippen LogP contribution in [-0.4, -0.2) is 38.1 Å². The Bertz CT molecular complexity index is 1260. The number of hydrogen-bond donors (Lipinski definition) is 1. The predicted molar refractivity (Wildman–Crippen MR) is 126 cm³/mol. The maximum absolute atomic E-state index is 6.10. The number of benzene rings is 1. The fraction of sp³-hybridized carbons (Fsp3) is 0.360. The van der Waals surface area contributed by atoms with Crippen LogP contribution in [-0.2, 0) is 13.0 Å². The molecule has 164 valence electrons. The number of pyridine rings is 1. The Kier molecular flexibility index (Phi) is 5.47. The number of nitrogens with one attached hydrogen (secondary N) is 1. The summed E-state index contributed by atoms with van der Waals surface area (Å²) in [5, 5.41) is 0. The first-order chi connectivity index (χ1) is 15.6. The van der Waals surface area contributed by atoms with Gasteiger partial charge in [0.1, 0.15) is 30.3 Å². The van der Waals surface area contributed by atoms with Gasteiger partial charge in [0, 0.05) is 35.1 Å². The van der Waals surface area contributed by atoms with E-state index in [0.717, 1.165) is 83.3 Å². The van der Waals surface area contributed by atoms with E-state index >= 15 is 0 Å². The molecule has 7 nitrogen and oxygen atoms in total. The Labute approximate surface area is 187 Å². The molecule has 1 aliphatic rings. The van der Waals surface area contributed by atoms with Crippen LogP contribution in [0.15, 0.2) is 36.8 Å². The van der Waals surface area contributed by atoms with Crippen molar-refractivity contribution in [1.82, 2.24) is 24.9 Å². The second-order valence-corrected chi connectivity index (χ2v) is 8.37. The molecular weight excluding hydrogens is 400 g/mol. The molecule has 0 atom stereocenters. The molecule has 0 saturated heterocycles. The number of nitrogens with zero attached hydrogens (tertiary/aromatic N) is 5. The van der Waals surface area contributed by atoms with Crippen LogP contribution in [0, 0.1) is 13.8 Å². The molecule has 0 radical (unpaired) electrons. The highest BCUT2D eigenvalue weighted by Crippen LogP contribution is 2.32. The number of anilines is 1. The van der Waals surface area contributed by atoms with E-state index in [2.05, 4.69) is 67.9 Å². The Hall–Kier alpha value is -3.48. The lowest BCUT2D eigenvalue weighted by Gasteiger charge is -2.24. The van der Waals surface area contributed by atoms with Gasteiger partial charge in [-0.15, -0.1) is 0 Å². The summed E-state index contributed by atoms with van der Waals surface area (Å²) in [5.41, 5.74) is 7.33. The maximum atomic E-state index is 6.10. The normalized spacial score (nSPS) is 13.7. The van der Waals surface area contributed by atoms with E-state index in [-0.39, 0.29) is 0 Å². The summed E-state index contributed by atoms with van der Waals surface area (Å²) in [4.78, 5) is 23.7. The Morgan fingerprint density at radius 2 is 2.00 bits per heavy atom. The van der Waals surface area contributed by atoms with E-state index in [9.17, 15) is 0 Å². The zero-order chi connectivity index (χ0) is 22.1. The number of aromatic amines is 1.